The molecule has 0 aliphatic carbocycles. The molecular weight excluding hydrogens is 1030 g/mol. The lowest BCUT2D eigenvalue weighted by molar-refractivity contribution is 0.00578. The van der Waals surface area contributed by atoms with E-state index in [1.165, 1.54) is 60.5 Å². The molecule has 9 heterocycles. The van der Waals surface area contributed by atoms with E-state index in [9.17, 15) is 0 Å². The fourth-order valence-electron chi connectivity index (χ4n) is 7.96. The maximum absolute atomic E-state index is 6.36. The molecular formula is C44H37B2BrN8O4S7. The van der Waals surface area contributed by atoms with Crippen molar-refractivity contribution in [2.24, 2.45) is 0 Å². The summed E-state index contributed by atoms with van der Waals surface area (Å²) >= 11 is 13.3. The third-order valence-corrected chi connectivity index (χ3v) is 18.3. The number of benzene rings is 4. The predicted octanol–water partition coefficient (Wildman–Crippen LogP) is 12.3. The Morgan fingerprint density at radius 2 is 0.727 bits per heavy atom. The molecule has 11 aromatic rings. The van der Waals surface area contributed by atoms with Crippen LogP contribution in [0.5, 0.6) is 0 Å². The van der Waals surface area contributed by atoms with Gasteiger partial charge in [0.1, 0.15) is 44.1 Å². The highest BCUT2D eigenvalue weighted by Gasteiger charge is 2.54. The van der Waals surface area contributed by atoms with Gasteiger partial charge in [0.25, 0.3) is 0 Å². The summed E-state index contributed by atoms with van der Waals surface area (Å²) in [5.41, 5.74) is 9.07. The topological polar surface area (TPSA) is 140 Å². The standard InChI is InChI=1S/C22H26B2N4O4S2.C18H8N4S4.C4H3BrS/c1-19(2)20(3,4)30-23(29-19)13-9-11-12(15-17(13)27-33-25-15)10-14(18-16(11)26-34-28-18)24-31-21(5,6)22(7,8)32-24;1-3-13(23-5-1)11-7-9-10(15-17(11)21-25-19-15)8-12(14-4-2-6-24-14)18-16(9)20-26-22-18;5-4-2-1-3-6-4/h9-10H,1-8H3;1-8H;1-3H. The van der Waals surface area contributed by atoms with E-state index in [-0.39, 0.29) is 0 Å². The van der Waals surface area contributed by atoms with Crippen LogP contribution >= 0.6 is 96.9 Å². The van der Waals surface area contributed by atoms with Crippen LogP contribution in [0.3, 0.4) is 0 Å². The van der Waals surface area contributed by atoms with Crippen molar-refractivity contribution >= 4 is 188 Å². The van der Waals surface area contributed by atoms with Crippen LogP contribution < -0.4 is 10.9 Å². The van der Waals surface area contributed by atoms with E-state index < -0.39 is 36.6 Å². The van der Waals surface area contributed by atoms with Gasteiger partial charge in [-0.2, -0.15) is 35.0 Å². The van der Waals surface area contributed by atoms with E-state index >= 15 is 0 Å². The first-order chi connectivity index (χ1) is 31.6. The molecule has 0 spiro atoms. The van der Waals surface area contributed by atoms with E-state index in [4.69, 9.17) is 18.6 Å². The quantitative estimate of drug-likeness (QED) is 0.155. The minimum atomic E-state index is -0.551. The molecule has 2 aliphatic rings. The highest BCUT2D eigenvalue weighted by Crippen LogP contribution is 2.43. The van der Waals surface area contributed by atoms with Gasteiger partial charge in [0, 0.05) is 53.4 Å². The van der Waals surface area contributed by atoms with Crippen molar-refractivity contribution in [2.75, 3.05) is 0 Å². The summed E-state index contributed by atoms with van der Waals surface area (Å²) in [7, 11) is -1.10. The second-order valence-electron chi connectivity index (χ2n) is 17.9. The second-order valence-corrected chi connectivity index (χ2v) is 24.2. The summed E-state index contributed by atoms with van der Waals surface area (Å²) in [6.07, 6.45) is 0. The van der Waals surface area contributed by atoms with Crippen LogP contribution in [0.2, 0.25) is 0 Å². The van der Waals surface area contributed by atoms with Gasteiger partial charge in [-0.3, -0.25) is 0 Å². The van der Waals surface area contributed by atoms with Gasteiger partial charge in [0.15, 0.2) is 0 Å². The number of hydrogen-bond acceptors (Lipinski definition) is 19. The van der Waals surface area contributed by atoms with Crippen molar-refractivity contribution in [3.8, 4) is 20.9 Å². The number of fused-ring (bicyclic) bond motifs is 10. The summed E-state index contributed by atoms with van der Waals surface area (Å²) in [4.78, 5) is 2.39. The Morgan fingerprint density at radius 1 is 0.409 bits per heavy atom. The van der Waals surface area contributed by atoms with Crippen LogP contribution in [0.15, 0.2) is 80.6 Å². The Morgan fingerprint density at radius 3 is 1.05 bits per heavy atom. The third-order valence-electron chi connectivity index (χ3n) is 12.9. The fraction of sp³-hybridized carbons (Fsp3) is 0.273. The summed E-state index contributed by atoms with van der Waals surface area (Å²) in [6, 6.07) is 20.9. The van der Waals surface area contributed by atoms with Gasteiger partial charge in [0.2, 0.25) is 0 Å². The zero-order valence-electron chi connectivity index (χ0n) is 36.6. The normalized spacial score (nSPS) is 17.3. The van der Waals surface area contributed by atoms with Crippen molar-refractivity contribution in [1.82, 2.24) is 35.0 Å². The van der Waals surface area contributed by atoms with E-state index in [1.807, 2.05) is 72.9 Å². The first-order valence-corrected chi connectivity index (χ1v) is 27.1. The molecule has 0 radical (unpaired) electrons. The fourth-order valence-corrected chi connectivity index (χ4v) is 12.7. The van der Waals surface area contributed by atoms with Crippen LogP contribution in [0.4, 0.5) is 0 Å². The minimum Gasteiger partial charge on any atom is -0.399 e. The number of thiophene rings is 3. The van der Waals surface area contributed by atoms with E-state index in [1.54, 1.807) is 34.0 Å². The first-order valence-electron chi connectivity index (χ1n) is 20.8. The van der Waals surface area contributed by atoms with Gasteiger partial charge in [-0.25, -0.2) is 0 Å². The van der Waals surface area contributed by atoms with Gasteiger partial charge in [-0.1, -0.05) is 18.2 Å². The molecule has 0 atom stereocenters. The maximum Gasteiger partial charge on any atom is 0.497 e. The second kappa shape index (κ2) is 16.7. The summed E-state index contributed by atoms with van der Waals surface area (Å²) < 4.78 is 63.6. The number of aromatic nitrogens is 8. The summed E-state index contributed by atoms with van der Waals surface area (Å²) in [5.74, 6) is 0. The molecule has 0 bridgehead atoms. The molecule has 66 heavy (non-hydrogen) atoms. The number of nitrogens with zero attached hydrogens (tertiary/aromatic N) is 8. The van der Waals surface area contributed by atoms with Crippen molar-refractivity contribution in [2.45, 2.75) is 77.8 Å². The van der Waals surface area contributed by atoms with E-state index in [0.29, 0.717) is 0 Å². The Kier molecular flexibility index (Phi) is 11.3. The smallest absolute Gasteiger partial charge is 0.399 e. The molecule has 332 valence electrons. The minimum absolute atomic E-state index is 0.458. The molecule has 0 N–H and O–H groups in total. The van der Waals surface area contributed by atoms with Crippen LogP contribution in [0.1, 0.15) is 55.4 Å². The van der Waals surface area contributed by atoms with Gasteiger partial charge >= 0.3 is 14.2 Å². The molecule has 13 rings (SSSR count). The van der Waals surface area contributed by atoms with Gasteiger partial charge in [0.05, 0.1) is 73.1 Å². The van der Waals surface area contributed by atoms with Crippen LogP contribution in [0.25, 0.3) is 86.6 Å². The lowest BCUT2D eigenvalue weighted by Gasteiger charge is -2.32. The zero-order chi connectivity index (χ0) is 45.8. The number of rotatable bonds is 4. The third kappa shape index (κ3) is 7.56. The van der Waals surface area contributed by atoms with Crippen molar-refractivity contribution in [3.63, 3.8) is 0 Å². The van der Waals surface area contributed by atoms with Crippen molar-refractivity contribution in [3.05, 3.63) is 80.6 Å². The molecule has 2 fully saturated rings. The van der Waals surface area contributed by atoms with Crippen molar-refractivity contribution in [1.29, 1.82) is 0 Å². The molecule has 0 unspecified atom stereocenters. The monoisotopic (exact) mass is 1070 g/mol. The molecule has 2 saturated heterocycles. The Bertz CT molecular complexity index is 3320. The van der Waals surface area contributed by atoms with Crippen LogP contribution in [-0.2, 0) is 18.6 Å². The lowest BCUT2D eigenvalue weighted by atomic mass is 9.74. The molecule has 0 amide bonds. The predicted molar refractivity (Wildman–Crippen MR) is 282 cm³/mol. The van der Waals surface area contributed by atoms with Crippen LogP contribution in [-0.4, -0.2) is 71.6 Å². The molecule has 12 nitrogen and oxygen atoms in total. The number of hydrogen-bond donors (Lipinski definition) is 0. The van der Waals surface area contributed by atoms with E-state index in [2.05, 4.69) is 110 Å². The summed E-state index contributed by atoms with van der Waals surface area (Å²) in [5, 5.41) is 10.3. The zero-order valence-corrected chi connectivity index (χ0v) is 43.9. The van der Waals surface area contributed by atoms with E-state index in [0.717, 1.165) is 87.7 Å². The average molecular weight is 1070 g/mol. The average Bonchev–Trinajstić information content (AvgIpc) is 4.13. The molecule has 0 saturated carbocycles. The number of halogens is 1. The molecule has 4 aromatic carbocycles. The summed E-state index contributed by atoms with van der Waals surface area (Å²) in [6.45, 7) is 16.4. The Balaban J connectivity index is 0.000000133. The highest BCUT2D eigenvalue weighted by atomic mass is 79.9. The van der Waals surface area contributed by atoms with Crippen molar-refractivity contribution < 1.29 is 18.6 Å². The largest absolute Gasteiger partial charge is 0.497 e. The maximum atomic E-state index is 6.36. The SMILES string of the molecule is Brc1cccs1.CC1(C)OB(c2cc3c(cc(B4OC(C)(C)C(C)(C)O4)c4nsnc43)c3nsnc23)OC1(C)C.c1csc(-c2cc3c(cc(-c4cccs4)c4nsnc43)c3nsnc23)c1. The molecule has 22 heteroatoms. The Hall–Kier alpha value is -3.77. The first kappa shape index (κ1) is 44.7. The molecule has 2 aliphatic heterocycles. The molecule has 7 aromatic heterocycles. The van der Waals surface area contributed by atoms with Gasteiger partial charge < -0.3 is 18.6 Å². The van der Waals surface area contributed by atoms with Gasteiger partial charge in [-0.05, 0) is 130 Å². The highest BCUT2D eigenvalue weighted by molar-refractivity contribution is 9.11. The van der Waals surface area contributed by atoms with Gasteiger partial charge in [-0.15, -0.1) is 34.0 Å². The lowest BCUT2D eigenvalue weighted by Crippen LogP contribution is -2.41. The Labute approximate surface area is 417 Å². The van der Waals surface area contributed by atoms with Crippen LogP contribution in [0, 0.1) is 0 Å².